The molecule has 0 radical (unpaired) electrons. The van der Waals surface area contributed by atoms with Crippen molar-refractivity contribution in [2.24, 2.45) is 0 Å². The average Bonchev–Trinajstić information content (AvgIpc) is 3.26. The summed E-state index contributed by atoms with van der Waals surface area (Å²) in [6.07, 6.45) is 4.31. The first-order valence-electron chi connectivity index (χ1n) is 8.00. The van der Waals surface area contributed by atoms with Crippen molar-refractivity contribution in [2.45, 2.75) is 32.2 Å². The number of rotatable bonds is 3. The second-order valence-corrected chi connectivity index (χ2v) is 6.14. The molecule has 1 N–H and O–H groups in total. The third-order valence-corrected chi connectivity index (χ3v) is 4.58. The Labute approximate surface area is 134 Å². The van der Waals surface area contributed by atoms with Crippen molar-refractivity contribution in [2.75, 3.05) is 6.54 Å². The fourth-order valence-corrected chi connectivity index (χ4v) is 3.46. The lowest BCUT2D eigenvalue weighted by atomic mass is 10.1. The lowest BCUT2D eigenvalue weighted by Crippen LogP contribution is -2.31. The molecule has 5 heteroatoms. The molecule has 1 aliphatic heterocycles. The number of aryl methyl sites for hydroxylation is 1. The molecule has 0 saturated carbocycles. The van der Waals surface area contributed by atoms with E-state index in [1.165, 1.54) is 0 Å². The first-order valence-corrected chi connectivity index (χ1v) is 8.00. The SMILES string of the molecule is Cc1cc([C@H]2CCCN2C(=O)Cc2c[nH]c3ccccc23)no1. The van der Waals surface area contributed by atoms with Crippen molar-refractivity contribution in [3.63, 3.8) is 0 Å². The predicted molar refractivity (Wildman–Crippen MR) is 86.9 cm³/mol. The highest BCUT2D eigenvalue weighted by atomic mass is 16.5. The number of fused-ring (bicyclic) bond motifs is 1. The van der Waals surface area contributed by atoms with Gasteiger partial charge in [0.1, 0.15) is 11.5 Å². The van der Waals surface area contributed by atoms with Crippen molar-refractivity contribution < 1.29 is 9.32 Å². The summed E-state index contributed by atoms with van der Waals surface area (Å²) in [7, 11) is 0. The Morgan fingerprint density at radius 1 is 1.43 bits per heavy atom. The normalized spacial score (nSPS) is 18.0. The summed E-state index contributed by atoms with van der Waals surface area (Å²) in [6.45, 7) is 2.67. The maximum absolute atomic E-state index is 12.8. The number of hydrogen-bond acceptors (Lipinski definition) is 3. The van der Waals surface area contributed by atoms with Crippen molar-refractivity contribution in [3.05, 3.63) is 53.5 Å². The molecule has 1 amide bonds. The van der Waals surface area contributed by atoms with Crippen molar-refractivity contribution in [3.8, 4) is 0 Å². The number of nitrogens with one attached hydrogen (secondary N) is 1. The Kier molecular flexibility index (Phi) is 3.41. The van der Waals surface area contributed by atoms with E-state index in [0.29, 0.717) is 6.42 Å². The van der Waals surface area contributed by atoms with Crippen LogP contribution in [-0.4, -0.2) is 27.5 Å². The largest absolute Gasteiger partial charge is 0.361 e. The number of carbonyl (C=O) groups is 1. The summed E-state index contributed by atoms with van der Waals surface area (Å²) in [5.41, 5.74) is 2.99. The smallest absolute Gasteiger partial charge is 0.227 e. The quantitative estimate of drug-likeness (QED) is 0.807. The van der Waals surface area contributed by atoms with Gasteiger partial charge in [0.2, 0.25) is 5.91 Å². The third-order valence-electron chi connectivity index (χ3n) is 4.58. The van der Waals surface area contributed by atoms with Gasteiger partial charge in [-0.25, -0.2) is 0 Å². The van der Waals surface area contributed by atoms with Gasteiger partial charge in [0.15, 0.2) is 0 Å². The summed E-state index contributed by atoms with van der Waals surface area (Å²) in [5, 5.41) is 5.22. The van der Waals surface area contributed by atoms with E-state index in [4.69, 9.17) is 4.52 Å². The van der Waals surface area contributed by atoms with Gasteiger partial charge in [0.25, 0.3) is 0 Å². The predicted octanol–water partition coefficient (Wildman–Crippen LogP) is 3.37. The maximum atomic E-state index is 12.8. The van der Waals surface area contributed by atoms with E-state index in [9.17, 15) is 4.79 Å². The van der Waals surface area contributed by atoms with Crippen molar-refractivity contribution >= 4 is 16.8 Å². The Morgan fingerprint density at radius 3 is 3.13 bits per heavy atom. The molecule has 0 aliphatic carbocycles. The highest BCUT2D eigenvalue weighted by Gasteiger charge is 2.32. The average molecular weight is 309 g/mol. The fraction of sp³-hybridized carbons (Fsp3) is 0.333. The van der Waals surface area contributed by atoms with Gasteiger partial charge in [0, 0.05) is 29.7 Å². The summed E-state index contributed by atoms with van der Waals surface area (Å²) in [4.78, 5) is 18.0. The zero-order valence-corrected chi connectivity index (χ0v) is 13.1. The summed E-state index contributed by atoms with van der Waals surface area (Å²) in [6, 6.07) is 10.1. The van der Waals surface area contributed by atoms with Crippen LogP contribution in [0.15, 0.2) is 41.1 Å². The van der Waals surface area contributed by atoms with E-state index < -0.39 is 0 Å². The Balaban J connectivity index is 1.56. The Bertz CT molecular complexity index is 849. The van der Waals surface area contributed by atoms with Gasteiger partial charge in [-0.1, -0.05) is 23.4 Å². The molecule has 0 bridgehead atoms. The van der Waals surface area contributed by atoms with Crippen LogP contribution >= 0.6 is 0 Å². The van der Waals surface area contributed by atoms with Gasteiger partial charge >= 0.3 is 0 Å². The lowest BCUT2D eigenvalue weighted by molar-refractivity contribution is -0.131. The number of benzene rings is 1. The highest BCUT2D eigenvalue weighted by Crippen LogP contribution is 2.32. The third kappa shape index (κ3) is 2.52. The number of H-pyrrole nitrogens is 1. The highest BCUT2D eigenvalue weighted by molar-refractivity contribution is 5.89. The molecule has 1 saturated heterocycles. The van der Waals surface area contributed by atoms with Crippen LogP contribution in [0.5, 0.6) is 0 Å². The molecular formula is C18H19N3O2. The second-order valence-electron chi connectivity index (χ2n) is 6.14. The standard InChI is InChI=1S/C18H19N3O2/c1-12-9-16(20-23-12)17-7-4-8-21(17)18(22)10-13-11-19-15-6-3-2-5-14(13)15/h2-3,5-6,9,11,17,19H,4,7-8,10H2,1H3/t17-/m1/s1. The van der Waals surface area contributed by atoms with Crippen LogP contribution in [0.3, 0.4) is 0 Å². The van der Waals surface area contributed by atoms with Crippen LogP contribution < -0.4 is 0 Å². The minimum absolute atomic E-state index is 0.0464. The van der Waals surface area contributed by atoms with Gasteiger partial charge in [-0.15, -0.1) is 0 Å². The Hall–Kier alpha value is -2.56. The molecule has 23 heavy (non-hydrogen) atoms. The van der Waals surface area contributed by atoms with E-state index in [1.807, 2.05) is 42.3 Å². The van der Waals surface area contributed by atoms with Crippen LogP contribution in [0.1, 0.15) is 35.9 Å². The maximum Gasteiger partial charge on any atom is 0.227 e. The summed E-state index contributed by atoms with van der Waals surface area (Å²) < 4.78 is 5.18. The molecule has 1 aliphatic rings. The number of carbonyl (C=O) groups excluding carboxylic acids is 1. The van der Waals surface area contributed by atoms with Crippen molar-refractivity contribution in [1.29, 1.82) is 0 Å². The molecule has 3 aromatic rings. The summed E-state index contributed by atoms with van der Waals surface area (Å²) >= 11 is 0. The van der Waals surface area contributed by atoms with Crippen LogP contribution in [0.25, 0.3) is 10.9 Å². The van der Waals surface area contributed by atoms with Gasteiger partial charge in [-0.05, 0) is 31.4 Å². The number of nitrogens with zero attached hydrogens (tertiary/aromatic N) is 2. The fourth-order valence-electron chi connectivity index (χ4n) is 3.46. The van der Waals surface area contributed by atoms with Gasteiger partial charge in [0.05, 0.1) is 12.5 Å². The molecule has 1 fully saturated rings. The zero-order valence-electron chi connectivity index (χ0n) is 13.1. The number of para-hydroxylation sites is 1. The summed E-state index contributed by atoms with van der Waals surface area (Å²) in [5.74, 6) is 0.939. The topological polar surface area (TPSA) is 62.1 Å². The molecular weight excluding hydrogens is 290 g/mol. The molecule has 118 valence electrons. The molecule has 3 heterocycles. The van der Waals surface area contributed by atoms with Crippen LogP contribution in [0, 0.1) is 6.92 Å². The van der Waals surface area contributed by atoms with Gasteiger partial charge in [-0.3, -0.25) is 4.79 Å². The van der Waals surface area contributed by atoms with Gasteiger partial charge < -0.3 is 14.4 Å². The number of hydrogen-bond donors (Lipinski definition) is 1. The number of amides is 1. The monoisotopic (exact) mass is 309 g/mol. The number of aromatic nitrogens is 2. The molecule has 0 spiro atoms. The molecule has 4 rings (SSSR count). The van der Waals surface area contributed by atoms with Gasteiger partial charge in [-0.2, -0.15) is 0 Å². The first kappa shape index (κ1) is 14.1. The minimum atomic E-state index is 0.0464. The molecule has 5 nitrogen and oxygen atoms in total. The van der Waals surface area contributed by atoms with E-state index in [0.717, 1.165) is 47.3 Å². The number of aromatic amines is 1. The first-order chi connectivity index (χ1) is 11.2. The second kappa shape index (κ2) is 5.57. The van der Waals surface area contributed by atoms with Crippen LogP contribution in [-0.2, 0) is 11.2 Å². The van der Waals surface area contributed by atoms with Crippen LogP contribution in [0.4, 0.5) is 0 Å². The van der Waals surface area contributed by atoms with E-state index in [1.54, 1.807) is 0 Å². The molecule has 1 aromatic carbocycles. The van der Waals surface area contributed by atoms with E-state index in [2.05, 4.69) is 16.2 Å². The molecule has 2 aromatic heterocycles. The molecule has 1 atom stereocenters. The Morgan fingerprint density at radius 2 is 2.30 bits per heavy atom. The van der Waals surface area contributed by atoms with Crippen LogP contribution in [0.2, 0.25) is 0 Å². The van der Waals surface area contributed by atoms with E-state index >= 15 is 0 Å². The van der Waals surface area contributed by atoms with Crippen molar-refractivity contribution in [1.82, 2.24) is 15.0 Å². The zero-order chi connectivity index (χ0) is 15.8. The number of likely N-dealkylation sites (tertiary alicyclic amines) is 1. The lowest BCUT2D eigenvalue weighted by Gasteiger charge is -2.23. The van der Waals surface area contributed by atoms with E-state index in [-0.39, 0.29) is 11.9 Å². The minimum Gasteiger partial charge on any atom is -0.361 e. The molecule has 0 unspecified atom stereocenters.